The number of piperidine rings is 1. The van der Waals surface area contributed by atoms with Gasteiger partial charge in [-0.05, 0) is 43.3 Å². The van der Waals surface area contributed by atoms with Crippen molar-refractivity contribution in [3.8, 4) is 0 Å². The Morgan fingerprint density at radius 2 is 2.44 bits per heavy atom. The highest BCUT2D eigenvalue weighted by molar-refractivity contribution is 7.17. The van der Waals surface area contributed by atoms with Gasteiger partial charge in [-0.2, -0.15) is 0 Å². The molecule has 18 heavy (non-hydrogen) atoms. The first-order valence-electron chi connectivity index (χ1n) is 6.44. The van der Waals surface area contributed by atoms with Gasteiger partial charge in [0.1, 0.15) is 12.1 Å². The lowest BCUT2D eigenvalue weighted by Gasteiger charge is -2.28. The zero-order valence-corrected chi connectivity index (χ0v) is 11.4. The number of rotatable bonds is 3. The molecule has 0 bridgehead atoms. The Kier molecular flexibility index (Phi) is 3.43. The van der Waals surface area contributed by atoms with Crippen LogP contribution < -0.4 is 10.2 Å². The maximum atomic E-state index is 4.45. The monoisotopic (exact) mass is 262 g/mol. The van der Waals surface area contributed by atoms with E-state index in [2.05, 4.69) is 38.7 Å². The van der Waals surface area contributed by atoms with Gasteiger partial charge in [0.2, 0.25) is 0 Å². The van der Waals surface area contributed by atoms with Crippen molar-refractivity contribution in [1.29, 1.82) is 0 Å². The minimum Gasteiger partial charge on any atom is -0.358 e. The molecule has 0 aromatic carbocycles. The summed E-state index contributed by atoms with van der Waals surface area (Å²) in [7, 11) is 2.14. The van der Waals surface area contributed by atoms with Crippen LogP contribution in [0.2, 0.25) is 0 Å². The average molecular weight is 262 g/mol. The zero-order chi connectivity index (χ0) is 12.4. The maximum Gasteiger partial charge on any atom is 0.149 e. The topological polar surface area (TPSA) is 41.0 Å². The van der Waals surface area contributed by atoms with E-state index >= 15 is 0 Å². The summed E-state index contributed by atoms with van der Waals surface area (Å²) in [5.41, 5.74) is 1.05. The summed E-state index contributed by atoms with van der Waals surface area (Å²) in [6.07, 6.45) is 4.27. The third-order valence-electron chi connectivity index (χ3n) is 3.52. The summed E-state index contributed by atoms with van der Waals surface area (Å²) >= 11 is 1.72. The van der Waals surface area contributed by atoms with Crippen molar-refractivity contribution in [2.45, 2.75) is 12.8 Å². The summed E-state index contributed by atoms with van der Waals surface area (Å²) in [5, 5.41) is 5.55. The van der Waals surface area contributed by atoms with Gasteiger partial charge in [-0.15, -0.1) is 11.3 Å². The molecule has 96 valence electrons. The fourth-order valence-electron chi connectivity index (χ4n) is 2.60. The van der Waals surface area contributed by atoms with Gasteiger partial charge in [0.15, 0.2) is 0 Å². The maximum absolute atomic E-state index is 4.45. The molecule has 1 aliphatic rings. The van der Waals surface area contributed by atoms with Crippen LogP contribution >= 0.6 is 11.3 Å². The Bertz CT molecular complexity index is 518. The number of anilines is 1. The molecule has 0 spiro atoms. The molecule has 0 amide bonds. The molecule has 4 nitrogen and oxygen atoms in total. The fraction of sp³-hybridized carbons (Fsp3) is 0.538. The Balaban J connectivity index is 1.78. The number of fused-ring (bicyclic) bond motifs is 1. The number of nitrogens with one attached hydrogen (secondary N) is 1. The molecular formula is C13H18N4S. The van der Waals surface area contributed by atoms with Crippen molar-refractivity contribution >= 4 is 27.4 Å². The number of hydrogen-bond donors (Lipinski definition) is 1. The van der Waals surface area contributed by atoms with E-state index in [4.69, 9.17) is 0 Å². The van der Waals surface area contributed by atoms with E-state index in [-0.39, 0.29) is 0 Å². The molecule has 0 saturated carbocycles. The highest BCUT2D eigenvalue weighted by atomic mass is 32.1. The average Bonchev–Trinajstić information content (AvgIpc) is 2.87. The second kappa shape index (κ2) is 5.20. The first-order valence-corrected chi connectivity index (χ1v) is 7.32. The molecule has 0 aliphatic carbocycles. The Hall–Kier alpha value is -1.20. The number of aromatic nitrogens is 2. The predicted octanol–water partition coefficient (Wildman–Crippen LogP) is 2.13. The highest BCUT2D eigenvalue weighted by Gasteiger charge is 2.17. The lowest BCUT2D eigenvalue weighted by Crippen LogP contribution is -2.37. The second-order valence-corrected chi connectivity index (χ2v) is 5.84. The van der Waals surface area contributed by atoms with Gasteiger partial charge in [-0.1, -0.05) is 0 Å². The zero-order valence-electron chi connectivity index (χ0n) is 10.6. The highest BCUT2D eigenvalue weighted by Crippen LogP contribution is 2.27. The molecule has 3 rings (SSSR count). The normalized spacial score (nSPS) is 20.2. The third kappa shape index (κ3) is 2.33. The quantitative estimate of drug-likeness (QED) is 0.920. The molecule has 1 unspecified atom stereocenters. The SMILES string of the molecule is CN(CC1CCCNC1)c1ncnc2ccsc12. The van der Waals surface area contributed by atoms with E-state index in [1.807, 2.05) is 0 Å². The number of hydrogen-bond acceptors (Lipinski definition) is 5. The van der Waals surface area contributed by atoms with Crippen molar-refractivity contribution in [3.63, 3.8) is 0 Å². The van der Waals surface area contributed by atoms with Gasteiger partial charge < -0.3 is 10.2 Å². The van der Waals surface area contributed by atoms with E-state index in [9.17, 15) is 0 Å². The van der Waals surface area contributed by atoms with Crippen LogP contribution in [0.25, 0.3) is 10.2 Å². The Morgan fingerprint density at radius 3 is 3.28 bits per heavy atom. The van der Waals surface area contributed by atoms with Crippen LogP contribution in [0.4, 0.5) is 5.82 Å². The van der Waals surface area contributed by atoms with E-state index in [1.54, 1.807) is 17.7 Å². The molecule has 2 aromatic heterocycles. The molecule has 3 heterocycles. The molecule has 1 saturated heterocycles. The van der Waals surface area contributed by atoms with E-state index in [0.717, 1.165) is 30.3 Å². The van der Waals surface area contributed by atoms with Crippen molar-refractivity contribution in [2.75, 3.05) is 31.6 Å². The summed E-state index contributed by atoms with van der Waals surface area (Å²) in [4.78, 5) is 11.0. The van der Waals surface area contributed by atoms with Crippen LogP contribution in [-0.2, 0) is 0 Å². The summed E-state index contributed by atoms with van der Waals surface area (Å²) < 4.78 is 1.20. The lowest BCUT2D eigenvalue weighted by molar-refractivity contribution is 0.381. The smallest absolute Gasteiger partial charge is 0.149 e. The van der Waals surface area contributed by atoms with Gasteiger partial charge in [0.25, 0.3) is 0 Å². The summed E-state index contributed by atoms with van der Waals surface area (Å²) in [6.45, 7) is 3.36. The van der Waals surface area contributed by atoms with Crippen LogP contribution in [-0.4, -0.2) is 36.6 Å². The molecule has 0 radical (unpaired) electrons. The molecule has 1 N–H and O–H groups in total. The third-order valence-corrected chi connectivity index (χ3v) is 4.42. The van der Waals surface area contributed by atoms with Crippen LogP contribution in [0, 0.1) is 5.92 Å². The lowest BCUT2D eigenvalue weighted by atomic mass is 9.99. The van der Waals surface area contributed by atoms with Crippen molar-refractivity contribution < 1.29 is 0 Å². The van der Waals surface area contributed by atoms with Crippen LogP contribution in [0.1, 0.15) is 12.8 Å². The Labute approximate surface area is 111 Å². The predicted molar refractivity (Wildman–Crippen MR) is 76.3 cm³/mol. The second-order valence-electron chi connectivity index (χ2n) is 4.93. The molecule has 1 atom stereocenters. The summed E-state index contributed by atoms with van der Waals surface area (Å²) in [5.74, 6) is 1.80. The van der Waals surface area contributed by atoms with E-state index in [0.29, 0.717) is 0 Å². The first kappa shape index (κ1) is 11.9. The number of thiophene rings is 1. The minimum atomic E-state index is 0.730. The van der Waals surface area contributed by atoms with E-state index in [1.165, 1.54) is 24.1 Å². The van der Waals surface area contributed by atoms with Gasteiger partial charge in [0, 0.05) is 13.6 Å². The molecule has 1 aliphatic heterocycles. The Morgan fingerprint density at radius 1 is 1.50 bits per heavy atom. The van der Waals surface area contributed by atoms with Crippen LogP contribution in [0.3, 0.4) is 0 Å². The van der Waals surface area contributed by atoms with Gasteiger partial charge in [0.05, 0.1) is 10.2 Å². The van der Waals surface area contributed by atoms with Gasteiger partial charge in [-0.25, -0.2) is 9.97 Å². The largest absolute Gasteiger partial charge is 0.358 e. The molecule has 5 heteroatoms. The van der Waals surface area contributed by atoms with Crippen molar-refractivity contribution in [2.24, 2.45) is 5.92 Å². The van der Waals surface area contributed by atoms with Gasteiger partial charge in [-0.3, -0.25) is 0 Å². The fourth-order valence-corrected chi connectivity index (χ4v) is 3.49. The van der Waals surface area contributed by atoms with Crippen LogP contribution in [0.15, 0.2) is 17.8 Å². The summed E-state index contributed by atoms with van der Waals surface area (Å²) in [6, 6.07) is 2.06. The van der Waals surface area contributed by atoms with Crippen molar-refractivity contribution in [1.82, 2.24) is 15.3 Å². The van der Waals surface area contributed by atoms with E-state index < -0.39 is 0 Å². The van der Waals surface area contributed by atoms with Crippen LogP contribution in [0.5, 0.6) is 0 Å². The molecular weight excluding hydrogens is 244 g/mol. The van der Waals surface area contributed by atoms with Gasteiger partial charge >= 0.3 is 0 Å². The first-order chi connectivity index (χ1) is 8.84. The minimum absolute atomic E-state index is 0.730. The standard InChI is InChI=1S/C13H18N4S/c1-17(8-10-3-2-5-14-7-10)13-12-11(4-6-18-12)15-9-16-13/h4,6,9-10,14H,2-3,5,7-8H2,1H3. The number of nitrogens with zero attached hydrogens (tertiary/aromatic N) is 3. The molecule has 1 fully saturated rings. The van der Waals surface area contributed by atoms with Crippen molar-refractivity contribution in [3.05, 3.63) is 17.8 Å². The molecule has 2 aromatic rings.